The normalized spacial score (nSPS) is 12.4. The first kappa shape index (κ1) is 21.8. The molecule has 3 aromatic rings. The number of aromatic nitrogens is 1. The van der Waals surface area contributed by atoms with Gasteiger partial charge in [0.25, 0.3) is 5.91 Å². The zero-order valence-electron chi connectivity index (χ0n) is 16.3. The summed E-state index contributed by atoms with van der Waals surface area (Å²) in [7, 11) is -2.00. The molecule has 0 spiro atoms. The zero-order chi connectivity index (χ0) is 21.9. The van der Waals surface area contributed by atoms with E-state index in [1.165, 1.54) is 64.2 Å². The molecule has 0 aliphatic heterocycles. The minimum absolute atomic E-state index is 0.0608. The minimum Gasteiger partial charge on any atom is -0.319 e. The lowest BCUT2D eigenvalue weighted by Gasteiger charge is -2.19. The summed E-state index contributed by atoms with van der Waals surface area (Å²) in [6, 6.07) is 9.96. The third-order valence-corrected chi connectivity index (χ3v) is 7.31. The molecule has 156 valence electrons. The molecule has 3 rings (SSSR count). The second-order valence-corrected chi connectivity index (χ2v) is 9.34. The number of rotatable bonds is 7. The van der Waals surface area contributed by atoms with Crippen molar-refractivity contribution in [2.24, 2.45) is 12.0 Å². The van der Waals surface area contributed by atoms with Gasteiger partial charge in [-0.25, -0.2) is 12.8 Å². The summed E-state index contributed by atoms with van der Waals surface area (Å²) in [6.07, 6.45) is 2.99. The number of carbonyl (C=O) groups is 1. The van der Waals surface area contributed by atoms with E-state index in [9.17, 15) is 17.6 Å². The summed E-state index contributed by atoms with van der Waals surface area (Å²) in [5, 5.41) is 0. The maximum Gasteiger partial charge on any atom is 0.279 e. The van der Waals surface area contributed by atoms with E-state index >= 15 is 0 Å². The maximum absolute atomic E-state index is 13.4. The van der Waals surface area contributed by atoms with Crippen LogP contribution in [0.5, 0.6) is 0 Å². The van der Waals surface area contributed by atoms with Gasteiger partial charge in [-0.05, 0) is 42.5 Å². The number of sulfonamides is 1. The number of nitrogens with zero attached hydrogens (tertiary/aromatic N) is 3. The SMILES string of the molecule is C=CCN(CC=C)S(=O)(=O)c1ccc(C(=O)N=c2sc3cc(F)ccc3n2C)cc1. The van der Waals surface area contributed by atoms with Gasteiger partial charge in [0, 0.05) is 25.7 Å². The molecule has 0 bridgehead atoms. The highest BCUT2D eigenvalue weighted by molar-refractivity contribution is 7.89. The second-order valence-electron chi connectivity index (χ2n) is 6.40. The molecule has 0 atom stereocenters. The Morgan fingerprint density at radius 1 is 1.17 bits per heavy atom. The molecule has 0 unspecified atom stereocenters. The van der Waals surface area contributed by atoms with Gasteiger partial charge < -0.3 is 4.57 Å². The van der Waals surface area contributed by atoms with Crippen molar-refractivity contribution in [1.82, 2.24) is 8.87 Å². The van der Waals surface area contributed by atoms with Crippen molar-refractivity contribution in [3.8, 4) is 0 Å². The maximum atomic E-state index is 13.4. The topological polar surface area (TPSA) is 71.7 Å². The van der Waals surface area contributed by atoms with Gasteiger partial charge in [-0.15, -0.1) is 13.2 Å². The van der Waals surface area contributed by atoms with E-state index < -0.39 is 15.9 Å². The monoisotopic (exact) mass is 445 g/mol. The van der Waals surface area contributed by atoms with Crippen molar-refractivity contribution in [3.05, 3.63) is 84.0 Å². The van der Waals surface area contributed by atoms with Gasteiger partial charge in [-0.2, -0.15) is 9.30 Å². The fourth-order valence-corrected chi connectivity index (χ4v) is 5.27. The second kappa shape index (κ2) is 8.86. The van der Waals surface area contributed by atoms with Gasteiger partial charge in [0.2, 0.25) is 10.0 Å². The molecule has 0 fully saturated rings. The standard InChI is InChI=1S/C21H20FN3O3S2/c1-4-12-25(13-5-2)30(27,28)17-9-6-15(7-10-17)20(26)23-21-24(3)18-11-8-16(22)14-19(18)29-21/h4-11,14H,1-2,12-13H2,3H3. The van der Waals surface area contributed by atoms with Crippen LogP contribution in [0.15, 0.2) is 77.7 Å². The largest absolute Gasteiger partial charge is 0.319 e. The smallest absolute Gasteiger partial charge is 0.279 e. The van der Waals surface area contributed by atoms with Crippen molar-refractivity contribution >= 4 is 37.5 Å². The quantitative estimate of drug-likeness (QED) is 0.523. The third kappa shape index (κ3) is 4.33. The number of halogens is 1. The molecule has 0 N–H and O–H groups in total. The molecule has 9 heteroatoms. The van der Waals surface area contributed by atoms with Crippen LogP contribution in [0.4, 0.5) is 4.39 Å². The summed E-state index contributed by atoms with van der Waals surface area (Å²) in [6.45, 7) is 7.44. The van der Waals surface area contributed by atoms with Crippen LogP contribution in [0, 0.1) is 5.82 Å². The van der Waals surface area contributed by atoms with Crippen molar-refractivity contribution < 1.29 is 17.6 Å². The highest BCUT2D eigenvalue weighted by Crippen LogP contribution is 2.19. The summed E-state index contributed by atoms with van der Waals surface area (Å²) in [4.78, 5) is 17.2. The van der Waals surface area contributed by atoms with Gasteiger partial charge in [-0.1, -0.05) is 23.5 Å². The van der Waals surface area contributed by atoms with Crippen molar-refractivity contribution in [2.75, 3.05) is 13.1 Å². The summed E-state index contributed by atoms with van der Waals surface area (Å²) >= 11 is 1.20. The molecule has 1 aromatic heterocycles. The number of thiazole rings is 1. The fraction of sp³-hybridized carbons (Fsp3) is 0.143. The molecule has 0 aliphatic carbocycles. The molecule has 6 nitrogen and oxygen atoms in total. The molecular formula is C21H20FN3O3S2. The van der Waals surface area contributed by atoms with Gasteiger partial charge >= 0.3 is 0 Å². The van der Waals surface area contributed by atoms with Crippen LogP contribution in [-0.4, -0.2) is 36.3 Å². The summed E-state index contributed by atoms with van der Waals surface area (Å²) in [5.41, 5.74) is 1.01. The average Bonchev–Trinajstić information content (AvgIpc) is 3.02. The van der Waals surface area contributed by atoms with E-state index in [4.69, 9.17) is 0 Å². The number of carbonyl (C=O) groups excluding carboxylic acids is 1. The van der Waals surface area contributed by atoms with Crippen molar-refractivity contribution in [1.29, 1.82) is 0 Å². The minimum atomic E-state index is -3.74. The molecular weight excluding hydrogens is 425 g/mol. The van der Waals surface area contributed by atoms with Gasteiger partial charge in [-0.3, -0.25) is 4.79 Å². The summed E-state index contributed by atoms with van der Waals surface area (Å²) < 4.78 is 42.5. The lowest BCUT2D eigenvalue weighted by Crippen LogP contribution is -2.31. The van der Waals surface area contributed by atoms with Gasteiger partial charge in [0.15, 0.2) is 4.80 Å². The lowest BCUT2D eigenvalue weighted by molar-refractivity contribution is 0.0998. The Balaban J connectivity index is 1.92. The number of amides is 1. The van der Waals surface area contributed by atoms with Crippen LogP contribution >= 0.6 is 11.3 Å². The molecule has 0 saturated heterocycles. The molecule has 30 heavy (non-hydrogen) atoms. The van der Waals surface area contributed by atoms with Gasteiger partial charge in [0.05, 0.1) is 15.1 Å². The Morgan fingerprint density at radius 3 is 2.40 bits per heavy atom. The van der Waals surface area contributed by atoms with E-state index in [2.05, 4.69) is 18.2 Å². The Morgan fingerprint density at radius 2 is 1.80 bits per heavy atom. The molecule has 0 saturated carbocycles. The Labute approximate surface area is 178 Å². The lowest BCUT2D eigenvalue weighted by atomic mass is 10.2. The van der Waals surface area contributed by atoms with Crippen molar-refractivity contribution in [3.63, 3.8) is 0 Å². The highest BCUT2D eigenvalue weighted by Gasteiger charge is 2.22. The Hall–Kier alpha value is -2.88. The van der Waals surface area contributed by atoms with E-state index in [0.29, 0.717) is 9.50 Å². The van der Waals surface area contributed by atoms with Crippen LogP contribution in [0.3, 0.4) is 0 Å². The van der Waals surface area contributed by atoms with Gasteiger partial charge in [0.1, 0.15) is 5.82 Å². The molecule has 0 radical (unpaired) electrons. The van der Waals surface area contributed by atoms with E-state index in [0.717, 1.165) is 5.52 Å². The molecule has 1 amide bonds. The van der Waals surface area contributed by atoms with Crippen LogP contribution in [0.2, 0.25) is 0 Å². The Bertz CT molecular complexity index is 1280. The first-order valence-electron chi connectivity index (χ1n) is 8.94. The highest BCUT2D eigenvalue weighted by atomic mass is 32.2. The van der Waals surface area contributed by atoms with Crippen LogP contribution in [0.25, 0.3) is 10.2 Å². The number of hydrogen-bond donors (Lipinski definition) is 0. The molecule has 1 heterocycles. The number of aryl methyl sites for hydroxylation is 1. The molecule has 2 aromatic carbocycles. The van der Waals surface area contributed by atoms with Crippen LogP contribution in [0.1, 0.15) is 10.4 Å². The third-order valence-electron chi connectivity index (χ3n) is 4.37. The first-order chi connectivity index (χ1) is 14.3. The number of hydrogen-bond acceptors (Lipinski definition) is 4. The first-order valence-corrected chi connectivity index (χ1v) is 11.2. The molecule has 0 aliphatic rings. The number of fused-ring (bicyclic) bond motifs is 1. The van der Waals surface area contributed by atoms with E-state index in [1.54, 1.807) is 17.7 Å². The Kier molecular flexibility index (Phi) is 6.45. The van der Waals surface area contributed by atoms with Crippen LogP contribution in [-0.2, 0) is 17.1 Å². The van der Waals surface area contributed by atoms with Crippen LogP contribution < -0.4 is 4.80 Å². The van der Waals surface area contributed by atoms with E-state index in [-0.39, 0.29) is 29.4 Å². The zero-order valence-corrected chi connectivity index (χ0v) is 17.9. The predicted molar refractivity (Wildman–Crippen MR) is 116 cm³/mol. The summed E-state index contributed by atoms with van der Waals surface area (Å²) in [5.74, 6) is -0.878. The number of benzene rings is 2. The fourth-order valence-electron chi connectivity index (χ4n) is 2.84. The predicted octanol–water partition coefficient (Wildman–Crippen LogP) is 3.48. The average molecular weight is 446 g/mol. The van der Waals surface area contributed by atoms with Crippen molar-refractivity contribution in [2.45, 2.75) is 4.90 Å². The van der Waals surface area contributed by atoms with E-state index in [1.807, 2.05) is 0 Å².